The molecule has 1 heterocycles. The van der Waals surface area contributed by atoms with Gasteiger partial charge in [-0.1, -0.05) is 57.0 Å². The summed E-state index contributed by atoms with van der Waals surface area (Å²) in [5.41, 5.74) is 10.4. The predicted octanol–water partition coefficient (Wildman–Crippen LogP) is 6.91. The van der Waals surface area contributed by atoms with E-state index in [1.54, 1.807) is 0 Å². The first-order valence-electron chi connectivity index (χ1n) is 11.3. The van der Waals surface area contributed by atoms with Crippen LogP contribution in [0.1, 0.15) is 62.1 Å². The quantitative estimate of drug-likeness (QED) is 0.237. The molecule has 0 bridgehead atoms. The maximum absolute atomic E-state index is 6.40. The fourth-order valence-corrected chi connectivity index (χ4v) is 3.93. The van der Waals surface area contributed by atoms with Gasteiger partial charge in [-0.05, 0) is 36.6 Å². The van der Waals surface area contributed by atoms with Gasteiger partial charge in [-0.2, -0.15) is 0 Å². The first kappa shape index (κ1) is 21.1. The van der Waals surface area contributed by atoms with Gasteiger partial charge in [0.25, 0.3) is 0 Å². The molecule has 0 spiro atoms. The molecule has 0 saturated heterocycles. The van der Waals surface area contributed by atoms with Crippen LogP contribution < -0.4 is 19.9 Å². The number of para-hydroxylation sites is 1. The second-order valence-electron chi connectivity index (χ2n) is 7.97. The predicted molar refractivity (Wildman–Crippen MR) is 126 cm³/mol. The van der Waals surface area contributed by atoms with Crippen LogP contribution in [0, 0.1) is 0 Å². The zero-order chi connectivity index (χ0) is 21.6. The van der Waals surface area contributed by atoms with Gasteiger partial charge in [0.2, 0.25) is 0 Å². The summed E-state index contributed by atoms with van der Waals surface area (Å²) in [5.74, 6) is 3.26. The van der Waals surface area contributed by atoms with E-state index in [1.165, 1.54) is 0 Å². The molecule has 0 amide bonds. The summed E-state index contributed by atoms with van der Waals surface area (Å²) in [4.78, 5) is 0. The van der Waals surface area contributed by atoms with Gasteiger partial charge in [0.15, 0.2) is 0 Å². The molecule has 0 saturated carbocycles. The molecule has 4 rings (SSSR count). The fraction of sp³-hybridized carbons (Fsp3) is 0.333. The lowest BCUT2D eigenvalue weighted by molar-refractivity contribution is 0.305. The number of nitrogen functional groups attached to an aromatic ring is 1. The summed E-state index contributed by atoms with van der Waals surface area (Å²) in [6, 6.07) is 20.3. The molecule has 0 atom stereocenters. The van der Waals surface area contributed by atoms with E-state index in [2.05, 4.69) is 32.0 Å². The number of benzene rings is 3. The van der Waals surface area contributed by atoms with Crippen LogP contribution in [-0.4, -0.2) is 13.2 Å². The topological polar surface area (TPSA) is 53.7 Å². The third-order valence-electron chi connectivity index (χ3n) is 5.65. The minimum absolute atomic E-state index is 0.00525. The van der Waals surface area contributed by atoms with Crippen LogP contribution in [0.15, 0.2) is 60.7 Å². The van der Waals surface area contributed by atoms with Crippen LogP contribution in [0.2, 0.25) is 0 Å². The molecule has 162 valence electrons. The number of hydrogen-bond donors (Lipinski definition) is 1. The number of nitrogens with two attached hydrogens (primary N) is 1. The van der Waals surface area contributed by atoms with E-state index >= 15 is 0 Å². The molecule has 0 unspecified atom stereocenters. The Morgan fingerprint density at radius 3 is 1.81 bits per heavy atom. The van der Waals surface area contributed by atoms with E-state index in [0.29, 0.717) is 13.2 Å². The van der Waals surface area contributed by atoms with Gasteiger partial charge in [0.05, 0.1) is 13.2 Å². The molecule has 2 N–H and O–H groups in total. The summed E-state index contributed by atoms with van der Waals surface area (Å²) in [5, 5.41) is 0. The molecule has 4 heteroatoms. The van der Waals surface area contributed by atoms with Gasteiger partial charge < -0.3 is 19.9 Å². The van der Waals surface area contributed by atoms with E-state index < -0.39 is 0 Å². The van der Waals surface area contributed by atoms with Crippen molar-refractivity contribution in [3.05, 3.63) is 77.4 Å². The van der Waals surface area contributed by atoms with Crippen molar-refractivity contribution in [1.29, 1.82) is 0 Å². The molecule has 3 aromatic rings. The lowest BCUT2D eigenvalue weighted by Crippen LogP contribution is -2.13. The number of hydrogen-bond acceptors (Lipinski definition) is 4. The monoisotopic (exact) mass is 417 g/mol. The number of rotatable bonds is 9. The Kier molecular flexibility index (Phi) is 6.66. The average Bonchev–Trinajstić information content (AvgIpc) is 2.78. The second kappa shape index (κ2) is 9.78. The Balaban J connectivity index is 1.73. The molecule has 1 aliphatic rings. The fourth-order valence-electron chi connectivity index (χ4n) is 3.93. The highest BCUT2D eigenvalue weighted by molar-refractivity contribution is 5.65. The molecule has 31 heavy (non-hydrogen) atoms. The van der Waals surface area contributed by atoms with Gasteiger partial charge >= 0.3 is 0 Å². The summed E-state index contributed by atoms with van der Waals surface area (Å²) >= 11 is 0. The Morgan fingerprint density at radius 2 is 1.29 bits per heavy atom. The minimum atomic E-state index is -0.00525. The van der Waals surface area contributed by atoms with Crippen LogP contribution in [0.4, 0.5) is 5.69 Å². The van der Waals surface area contributed by atoms with Crippen molar-refractivity contribution in [2.75, 3.05) is 18.9 Å². The number of fused-ring (bicyclic) bond motifs is 2. The van der Waals surface area contributed by atoms with Gasteiger partial charge in [-0.3, -0.25) is 0 Å². The van der Waals surface area contributed by atoms with Crippen molar-refractivity contribution in [1.82, 2.24) is 0 Å². The van der Waals surface area contributed by atoms with E-state index in [4.69, 9.17) is 19.9 Å². The molecule has 0 aromatic heterocycles. The third-order valence-corrected chi connectivity index (χ3v) is 5.65. The van der Waals surface area contributed by atoms with E-state index in [1.807, 2.05) is 42.5 Å². The van der Waals surface area contributed by atoms with E-state index in [0.717, 1.165) is 71.1 Å². The van der Waals surface area contributed by atoms with Crippen molar-refractivity contribution in [3.8, 4) is 23.0 Å². The number of anilines is 1. The Morgan fingerprint density at radius 1 is 0.742 bits per heavy atom. The molecule has 0 aliphatic carbocycles. The highest BCUT2D eigenvalue weighted by Crippen LogP contribution is 2.50. The molecule has 0 radical (unpaired) electrons. The smallest absolute Gasteiger partial charge is 0.135 e. The normalized spacial score (nSPS) is 12.6. The van der Waals surface area contributed by atoms with Gasteiger partial charge in [0.1, 0.15) is 23.0 Å². The van der Waals surface area contributed by atoms with Gasteiger partial charge in [-0.25, -0.2) is 0 Å². The maximum atomic E-state index is 6.40. The zero-order valence-corrected chi connectivity index (χ0v) is 18.4. The SMILES string of the molecule is CCCCOc1ccc2c(c1)Oc1cc(OCCCC)ccc1C2c1ccccc1N. The van der Waals surface area contributed by atoms with Crippen molar-refractivity contribution in [2.24, 2.45) is 0 Å². The van der Waals surface area contributed by atoms with E-state index in [-0.39, 0.29) is 5.92 Å². The van der Waals surface area contributed by atoms with Crippen LogP contribution in [0.5, 0.6) is 23.0 Å². The van der Waals surface area contributed by atoms with Crippen molar-refractivity contribution in [3.63, 3.8) is 0 Å². The lowest BCUT2D eigenvalue weighted by atomic mass is 9.82. The van der Waals surface area contributed by atoms with Gasteiger partial charge in [0, 0.05) is 34.9 Å². The van der Waals surface area contributed by atoms with Crippen molar-refractivity contribution < 1.29 is 14.2 Å². The summed E-state index contributed by atoms with van der Waals surface area (Å²) < 4.78 is 18.2. The molecule has 3 aromatic carbocycles. The average molecular weight is 418 g/mol. The van der Waals surface area contributed by atoms with Crippen LogP contribution in [0.3, 0.4) is 0 Å². The molecule has 1 aliphatic heterocycles. The number of unbranched alkanes of at least 4 members (excludes halogenated alkanes) is 2. The van der Waals surface area contributed by atoms with Crippen LogP contribution >= 0.6 is 0 Å². The first-order chi connectivity index (χ1) is 15.2. The number of ether oxygens (including phenoxy) is 3. The van der Waals surface area contributed by atoms with E-state index in [9.17, 15) is 0 Å². The minimum Gasteiger partial charge on any atom is -0.493 e. The van der Waals surface area contributed by atoms with Gasteiger partial charge in [-0.15, -0.1) is 0 Å². The zero-order valence-electron chi connectivity index (χ0n) is 18.4. The lowest BCUT2D eigenvalue weighted by Gasteiger charge is -2.30. The highest BCUT2D eigenvalue weighted by atomic mass is 16.5. The molecular formula is C27H31NO3. The largest absolute Gasteiger partial charge is 0.493 e. The second-order valence-corrected chi connectivity index (χ2v) is 7.97. The van der Waals surface area contributed by atoms with Crippen LogP contribution in [-0.2, 0) is 0 Å². The Hall–Kier alpha value is -3.14. The Bertz CT molecular complexity index is 971. The first-order valence-corrected chi connectivity index (χ1v) is 11.3. The maximum Gasteiger partial charge on any atom is 0.135 e. The summed E-state index contributed by atoms with van der Waals surface area (Å²) in [7, 11) is 0. The highest BCUT2D eigenvalue weighted by Gasteiger charge is 2.30. The molecule has 4 nitrogen and oxygen atoms in total. The molecule has 0 fully saturated rings. The van der Waals surface area contributed by atoms with Crippen molar-refractivity contribution in [2.45, 2.75) is 45.4 Å². The third kappa shape index (κ3) is 4.63. The molecular weight excluding hydrogens is 386 g/mol. The standard InChI is InChI=1S/C27H31NO3/c1-3-5-15-29-19-11-13-22-25(17-19)31-26-18-20(30-16-6-4-2)12-14-23(26)27(22)21-9-7-8-10-24(21)28/h7-14,17-18,27H,3-6,15-16,28H2,1-2H3. The Labute approximate surface area is 185 Å². The summed E-state index contributed by atoms with van der Waals surface area (Å²) in [6.45, 7) is 5.73. The van der Waals surface area contributed by atoms with Crippen molar-refractivity contribution >= 4 is 5.69 Å². The van der Waals surface area contributed by atoms with Crippen LogP contribution in [0.25, 0.3) is 0 Å². The summed E-state index contributed by atoms with van der Waals surface area (Å²) in [6.07, 6.45) is 4.26.